The van der Waals surface area contributed by atoms with Crippen LogP contribution in [0.5, 0.6) is 0 Å². The van der Waals surface area contributed by atoms with E-state index in [4.69, 9.17) is 33.7 Å². The summed E-state index contributed by atoms with van der Waals surface area (Å²) < 4.78 is 5.09. The lowest BCUT2D eigenvalue weighted by molar-refractivity contribution is 0.0488. The average Bonchev–Trinajstić information content (AvgIpc) is 2.22. The van der Waals surface area contributed by atoms with Crippen LogP contribution in [-0.4, -0.2) is 12.6 Å². The Kier molecular flexibility index (Phi) is 5.09. The van der Waals surface area contributed by atoms with Crippen molar-refractivity contribution in [2.24, 2.45) is 5.92 Å². The van der Waals surface area contributed by atoms with Gasteiger partial charge in [-0.2, -0.15) is 0 Å². The molecule has 94 valence electrons. The largest absolute Gasteiger partial charge is 0.462 e. The highest BCUT2D eigenvalue weighted by Gasteiger charge is 2.15. The minimum Gasteiger partial charge on any atom is -0.462 e. The van der Waals surface area contributed by atoms with Gasteiger partial charge in [0.2, 0.25) is 0 Å². The van der Waals surface area contributed by atoms with Crippen molar-refractivity contribution in [1.29, 1.82) is 0 Å². The topological polar surface area (TPSA) is 52.3 Å². The van der Waals surface area contributed by atoms with Gasteiger partial charge in [0.1, 0.15) is 0 Å². The fourth-order valence-corrected chi connectivity index (χ4v) is 1.64. The Balaban J connectivity index is 2.75. The summed E-state index contributed by atoms with van der Waals surface area (Å²) in [5, 5.41) is 0.429. The molecule has 3 nitrogen and oxygen atoms in total. The molecule has 1 rings (SSSR count). The molecule has 0 unspecified atom stereocenters. The lowest BCUT2D eigenvalue weighted by atomic mass is 10.1. The van der Waals surface area contributed by atoms with Gasteiger partial charge in [-0.05, 0) is 24.5 Å². The van der Waals surface area contributed by atoms with E-state index >= 15 is 0 Å². The first-order valence-electron chi connectivity index (χ1n) is 5.33. The fourth-order valence-electron chi connectivity index (χ4n) is 1.22. The molecular weight excluding hydrogens is 261 g/mol. The molecule has 1 aromatic rings. The van der Waals surface area contributed by atoms with Crippen molar-refractivity contribution < 1.29 is 9.53 Å². The second-order valence-corrected chi connectivity index (χ2v) is 4.97. The first-order chi connectivity index (χ1) is 7.91. The fraction of sp³-hybridized carbons (Fsp3) is 0.417. The zero-order valence-corrected chi connectivity index (χ0v) is 11.3. The number of anilines is 1. The van der Waals surface area contributed by atoms with E-state index < -0.39 is 5.97 Å². The number of carbonyl (C=O) groups is 1. The Morgan fingerprint density at radius 3 is 2.65 bits per heavy atom. The van der Waals surface area contributed by atoms with Gasteiger partial charge in [0.15, 0.2) is 0 Å². The second kappa shape index (κ2) is 6.12. The van der Waals surface area contributed by atoms with Crippen LogP contribution >= 0.6 is 23.2 Å². The molecule has 5 heteroatoms. The number of hydrogen-bond acceptors (Lipinski definition) is 3. The molecule has 0 heterocycles. The van der Waals surface area contributed by atoms with Crippen LogP contribution in [0, 0.1) is 5.92 Å². The van der Waals surface area contributed by atoms with Crippen molar-refractivity contribution in [2.45, 2.75) is 20.3 Å². The minimum absolute atomic E-state index is 0.176. The second-order valence-electron chi connectivity index (χ2n) is 4.18. The van der Waals surface area contributed by atoms with E-state index in [0.717, 1.165) is 6.42 Å². The summed E-state index contributed by atoms with van der Waals surface area (Å²) in [6, 6.07) is 2.96. The summed E-state index contributed by atoms with van der Waals surface area (Å²) >= 11 is 11.7. The Labute approximate surface area is 111 Å². The molecule has 0 aliphatic rings. The summed E-state index contributed by atoms with van der Waals surface area (Å²) in [5.74, 6) is -0.0208. The minimum atomic E-state index is -0.496. The number of nitrogen functional groups attached to an aromatic ring is 1. The number of esters is 1. The number of benzene rings is 1. The highest BCUT2D eigenvalue weighted by molar-refractivity contribution is 6.44. The van der Waals surface area contributed by atoms with Crippen LogP contribution in [0.3, 0.4) is 0 Å². The summed E-state index contributed by atoms with van der Waals surface area (Å²) in [7, 11) is 0. The Bertz CT molecular complexity index is 419. The van der Waals surface area contributed by atoms with Gasteiger partial charge in [-0.3, -0.25) is 0 Å². The van der Waals surface area contributed by atoms with Crippen LogP contribution in [0.4, 0.5) is 5.69 Å². The van der Waals surface area contributed by atoms with Crippen molar-refractivity contribution >= 4 is 34.9 Å². The molecule has 2 N–H and O–H groups in total. The van der Waals surface area contributed by atoms with Gasteiger partial charge in [0.25, 0.3) is 0 Å². The molecule has 0 amide bonds. The van der Waals surface area contributed by atoms with Gasteiger partial charge in [0, 0.05) is 5.69 Å². The van der Waals surface area contributed by atoms with E-state index in [2.05, 4.69) is 13.8 Å². The summed E-state index contributed by atoms with van der Waals surface area (Å²) in [5.41, 5.74) is 6.19. The maximum atomic E-state index is 11.7. The molecule has 0 radical (unpaired) electrons. The molecule has 0 aliphatic heterocycles. The molecule has 0 saturated heterocycles. The van der Waals surface area contributed by atoms with Crippen LogP contribution in [0.1, 0.15) is 30.6 Å². The van der Waals surface area contributed by atoms with Gasteiger partial charge >= 0.3 is 5.97 Å². The Morgan fingerprint density at radius 2 is 2.06 bits per heavy atom. The van der Waals surface area contributed by atoms with E-state index in [0.29, 0.717) is 18.2 Å². The standard InChI is InChI=1S/C12H15Cl2NO2/c1-7(2)3-4-17-12(16)9-5-8(15)6-10(13)11(9)14/h5-7H,3-4,15H2,1-2H3. The maximum absolute atomic E-state index is 11.7. The van der Waals surface area contributed by atoms with Gasteiger partial charge < -0.3 is 10.5 Å². The summed E-state index contributed by atoms with van der Waals surface area (Å²) in [4.78, 5) is 11.7. The zero-order chi connectivity index (χ0) is 13.0. The zero-order valence-electron chi connectivity index (χ0n) is 9.80. The summed E-state index contributed by atoms with van der Waals surface area (Å²) in [6.45, 7) is 4.47. The lowest BCUT2D eigenvalue weighted by Crippen LogP contribution is -2.09. The molecule has 1 aromatic carbocycles. The first-order valence-corrected chi connectivity index (χ1v) is 6.09. The number of halogens is 2. The number of ether oxygens (including phenoxy) is 1. The molecule has 0 atom stereocenters. The predicted octanol–water partition coefficient (Wildman–Crippen LogP) is 3.78. The van der Waals surface area contributed by atoms with Crippen molar-refractivity contribution in [2.75, 3.05) is 12.3 Å². The lowest BCUT2D eigenvalue weighted by Gasteiger charge is -2.09. The van der Waals surface area contributed by atoms with Crippen LogP contribution in [0.15, 0.2) is 12.1 Å². The number of nitrogens with two attached hydrogens (primary N) is 1. The first kappa shape index (κ1) is 14.1. The third-order valence-electron chi connectivity index (χ3n) is 2.20. The molecule has 17 heavy (non-hydrogen) atoms. The summed E-state index contributed by atoms with van der Waals surface area (Å²) in [6.07, 6.45) is 0.805. The van der Waals surface area contributed by atoms with Gasteiger partial charge in [-0.15, -0.1) is 0 Å². The van der Waals surface area contributed by atoms with E-state index in [1.54, 1.807) is 0 Å². The van der Waals surface area contributed by atoms with Gasteiger partial charge in [-0.25, -0.2) is 4.79 Å². The van der Waals surface area contributed by atoms with E-state index in [1.165, 1.54) is 12.1 Å². The van der Waals surface area contributed by atoms with Gasteiger partial charge in [0.05, 0.1) is 22.2 Å². The van der Waals surface area contributed by atoms with Crippen molar-refractivity contribution in [3.63, 3.8) is 0 Å². The van der Waals surface area contributed by atoms with E-state index in [1.807, 2.05) is 0 Å². The molecule has 0 aromatic heterocycles. The monoisotopic (exact) mass is 275 g/mol. The highest BCUT2D eigenvalue weighted by Crippen LogP contribution is 2.29. The van der Waals surface area contributed by atoms with Crippen LogP contribution in [-0.2, 0) is 4.74 Å². The third kappa shape index (κ3) is 4.10. The Morgan fingerprint density at radius 1 is 1.41 bits per heavy atom. The van der Waals surface area contributed by atoms with Crippen LogP contribution in [0.25, 0.3) is 0 Å². The normalized spacial score (nSPS) is 10.6. The number of carbonyl (C=O) groups excluding carboxylic acids is 1. The SMILES string of the molecule is CC(C)CCOC(=O)c1cc(N)cc(Cl)c1Cl. The smallest absolute Gasteiger partial charge is 0.339 e. The van der Waals surface area contributed by atoms with Crippen molar-refractivity contribution in [1.82, 2.24) is 0 Å². The van der Waals surface area contributed by atoms with Crippen molar-refractivity contribution in [3.05, 3.63) is 27.7 Å². The van der Waals surface area contributed by atoms with E-state index in [9.17, 15) is 4.79 Å². The molecular formula is C12H15Cl2NO2. The molecule has 0 spiro atoms. The molecule has 0 bridgehead atoms. The molecule has 0 aliphatic carbocycles. The van der Waals surface area contributed by atoms with Crippen LogP contribution < -0.4 is 5.73 Å². The number of rotatable bonds is 4. The molecule has 0 saturated carbocycles. The average molecular weight is 276 g/mol. The quantitative estimate of drug-likeness (QED) is 0.672. The van der Waals surface area contributed by atoms with E-state index in [-0.39, 0.29) is 15.6 Å². The highest BCUT2D eigenvalue weighted by atomic mass is 35.5. The third-order valence-corrected chi connectivity index (χ3v) is 3.00. The molecule has 0 fully saturated rings. The maximum Gasteiger partial charge on any atom is 0.339 e. The van der Waals surface area contributed by atoms with Crippen LogP contribution in [0.2, 0.25) is 10.0 Å². The van der Waals surface area contributed by atoms with Crippen molar-refractivity contribution in [3.8, 4) is 0 Å². The number of hydrogen-bond donors (Lipinski definition) is 1. The Hall–Kier alpha value is -0.930. The predicted molar refractivity (Wildman–Crippen MR) is 70.6 cm³/mol. The van der Waals surface area contributed by atoms with Gasteiger partial charge in [-0.1, -0.05) is 37.0 Å².